The van der Waals surface area contributed by atoms with Crippen LogP contribution in [0.15, 0.2) is 4.52 Å². The highest BCUT2D eigenvalue weighted by molar-refractivity contribution is 7.87. The van der Waals surface area contributed by atoms with Crippen LogP contribution in [0.5, 0.6) is 0 Å². The Labute approximate surface area is 114 Å². The lowest BCUT2D eigenvalue weighted by Crippen LogP contribution is -2.41. The maximum atomic E-state index is 12.2. The van der Waals surface area contributed by atoms with Crippen LogP contribution in [0.4, 0.5) is 0 Å². The predicted octanol–water partition coefficient (Wildman–Crippen LogP) is 1.50. The first-order valence-corrected chi connectivity index (χ1v) is 8.11. The molecule has 2 heterocycles. The maximum absolute atomic E-state index is 12.2. The molecule has 0 aliphatic carbocycles. The van der Waals surface area contributed by atoms with Crippen molar-refractivity contribution in [2.24, 2.45) is 0 Å². The third-order valence-electron chi connectivity index (χ3n) is 3.52. The number of hydrogen-bond acceptors (Lipinski definition) is 4. The zero-order chi connectivity index (χ0) is 13.9. The number of hydrogen-bond donors (Lipinski definition) is 1. The molecule has 0 bridgehead atoms. The Balaban J connectivity index is 2.01. The Morgan fingerprint density at radius 3 is 2.37 bits per heavy atom. The van der Waals surface area contributed by atoms with Crippen molar-refractivity contribution in [2.75, 3.05) is 13.1 Å². The van der Waals surface area contributed by atoms with E-state index in [-0.39, 0.29) is 6.54 Å². The minimum atomic E-state index is -3.40. The summed E-state index contributed by atoms with van der Waals surface area (Å²) < 4.78 is 33.6. The summed E-state index contributed by atoms with van der Waals surface area (Å²) in [5.41, 5.74) is 1.55. The summed E-state index contributed by atoms with van der Waals surface area (Å²) in [6, 6.07) is 0. The molecule has 1 aromatic rings. The second kappa shape index (κ2) is 6.02. The van der Waals surface area contributed by atoms with Crippen LogP contribution in [0.25, 0.3) is 0 Å². The van der Waals surface area contributed by atoms with Gasteiger partial charge in [0.15, 0.2) is 0 Å². The molecule has 0 radical (unpaired) electrons. The third kappa shape index (κ3) is 3.55. The van der Waals surface area contributed by atoms with Gasteiger partial charge >= 0.3 is 0 Å². The van der Waals surface area contributed by atoms with Crippen LogP contribution < -0.4 is 4.72 Å². The summed E-state index contributed by atoms with van der Waals surface area (Å²) in [6.45, 7) is 5.05. The van der Waals surface area contributed by atoms with E-state index < -0.39 is 10.2 Å². The Morgan fingerprint density at radius 1 is 1.21 bits per heavy atom. The lowest BCUT2D eigenvalue weighted by Gasteiger charge is -2.20. The molecule has 1 fully saturated rings. The van der Waals surface area contributed by atoms with Crippen molar-refractivity contribution in [3.63, 3.8) is 0 Å². The van der Waals surface area contributed by atoms with Gasteiger partial charge < -0.3 is 4.52 Å². The van der Waals surface area contributed by atoms with Crippen molar-refractivity contribution < 1.29 is 12.9 Å². The van der Waals surface area contributed by atoms with Crippen LogP contribution in [0.2, 0.25) is 0 Å². The molecule has 2 rings (SSSR count). The lowest BCUT2D eigenvalue weighted by atomic mass is 10.2. The van der Waals surface area contributed by atoms with Gasteiger partial charge in [-0.15, -0.1) is 0 Å². The molecular formula is C12H21N3O3S. The molecular weight excluding hydrogens is 266 g/mol. The first-order valence-electron chi connectivity index (χ1n) is 6.67. The summed E-state index contributed by atoms with van der Waals surface area (Å²) in [5.74, 6) is 0.663. The average molecular weight is 287 g/mol. The fraction of sp³-hybridized carbons (Fsp3) is 0.750. The standard InChI is InChI=1S/C12H21N3O3S/c1-10-12(11(2)18-14-10)9-13-19(16,17)15-7-5-3-4-6-8-15/h13H,3-9H2,1-2H3. The van der Waals surface area contributed by atoms with Crippen molar-refractivity contribution in [3.8, 4) is 0 Å². The first kappa shape index (κ1) is 14.5. The van der Waals surface area contributed by atoms with E-state index in [4.69, 9.17) is 4.52 Å². The summed E-state index contributed by atoms with van der Waals surface area (Å²) in [5, 5.41) is 3.82. The van der Waals surface area contributed by atoms with E-state index >= 15 is 0 Å². The van der Waals surface area contributed by atoms with Crippen LogP contribution in [0.3, 0.4) is 0 Å². The number of rotatable bonds is 4. The average Bonchev–Trinajstić information content (AvgIpc) is 2.62. The van der Waals surface area contributed by atoms with Gasteiger partial charge in [0.1, 0.15) is 5.76 Å². The molecule has 1 aromatic heterocycles. The minimum Gasteiger partial charge on any atom is -0.361 e. The zero-order valence-corrected chi connectivity index (χ0v) is 12.3. The van der Waals surface area contributed by atoms with Crippen LogP contribution >= 0.6 is 0 Å². The summed E-state index contributed by atoms with van der Waals surface area (Å²) >= 11 is 0. The van der Waals surface area contributed by atoms with Gasteiger partial charge in [-0.05, 0) is 26.7 Å². The Kier molecular flexibility index (Phi) is 4.59. The molecule has 6 nitrogen and oxygen atoms in total. The van der Waals surface area contributed by atoms with Crippen molar-refractivity contribution in [1.29, 1.82) is 0 Å². The fourth-order valence-electron chi connectivity index (χ4n) is 2.29. The molecule has 1 aliphatic rings. The zero-order valence-electron chi connectivity index (χ0n) is 11.5. The summed E-state index contributed by atoms with van der Waals surface area (Å²) in [4.78, 5) is 0. The maximum Gasteiger partial charge on any atom is 0.279 e. The summed E-state index contributed by atoms with van der Waals surface area (Å²) in [7, 11) is -3.40. The van der Waals surface area contributed by atoms with E-state index in [9.17, 15) is 8.42 Å². The van der Waals surface area contributed by atoms with Crippen molar-refractivity contribution in [2.45, 2.75) is 46.1 Å². The molecule has 1 saturated heterocycles. The molecule has 0 aromatic carbocycles. The van der Waals surface area contributed by atoms with Gasteiger partial charge in [-0.1, -0.05) is 18.0 Å². The van der Waals surface area contributed by atoms with Gasteiger partial charge in [-0.25, -0.2) is 0 Å². The van der Waals surface area contributed by atoms with E-state index in [0.29, 0.717) is 18.8 Å². The Hall–Kier alpha value is -0.920. The SMILES string of the molecule is Cc1noc(C)c1CNS(=O)(=O)N1CCCCCC1. The lowest BCUT2D eigenvalue weighted by molar-refractivity contribution is 0.391. The normalized spacial score (nSPS) is 18.4. The second-order valence-corrected chi connectivity index (χ2v) is 6.70. The highest BCUT2D eigenvalue weighted by Crippen LogP contribution is 2.15. The van der Waals surface area contributed by atoms with Gasteiger partial charge in [-0.2, -0.15) is 17.4 Å². The van der Waals surface area contributed by atoms with Crippen molar-refractivity contribution in [3.05, 3.63) is 17.0 Å². The molecule has 0 spiro atoms. The smallest absolute Gasteiger partial charge is 0.279 e. The van der Waals surface area contributed by atoms with E-state index in [1.165, 1.54) is 4.31 Å². The highest BCUT2D eigenvalue weighted by atomic mass is 32.2. The Bertz CT molecular complexity index is 497. The molecule has 0 atom stereocenters. The predicted molar refractivity (Wildman–Crippen MR) is 71.8 cm³/mol. The number of nitrogens with one attached hydrogen (secondary N) is 1. The number of nitrogens with zero attached hydrogens (tertiary/aromatic N) is 2. The Morgan fingerprint density at radius 2 is 1.84 bits per heavy atom. The van der Waals surface area contributed by atoms with Crippen LogP contribution in [-0.4, -0.2) is 31.0 Å². The number of aryl methyl sites for hydroxylation is 2. The van der Waals surface area contributed by atoms with Crippen LogP contribution in [-0.2, 0) is 16.8 Å². The topological polar surface area (TPSA) is 75.4 Å². The monoisotopic (exact) mass is 287 g/mol. The van der Waals surface area contributed by atoms with E-state index in [0.717, 1.165) is 36.9 Å². The van der Waals surface area contributed by atoms with Gasteiger partial charge in [0.25, 0.3) is 10.2 Å². The first-order chi connectivity index (χ1) is 9.00. The largest absolute Gasteiger partial charge is 0.361 e. The second-order valence-electron chi connectivity index (χ2n) is 4.94. The fourth-order valence-corrected chi connectivity index (χ4v) is 3.54. The molecule has 0 saturated carbocycles. The minimum absolute atomic E-state index is 0.236. The molecule has 0 amide bonds. The van der Waals surface area contributed by atoms with Crippen LogP contribution in [0, 0.1) is 13.8 Å². The molecule has 0 unspecified atom stereocenters. The van der Waals surface area contributed by atoms with Crippen LogP contribution in [0.1, 0.15) is 42.7 Å². The highest BCUT2D eigenvalue weighted by Gasteiger charge is 2.23. The van der Waals surface area contributed by atoms with Gasteiger partial charge in [-0.3, -0.25) is 0 Å². The van der Waals surface area contributed by atoms with Gasteiger partial charge in [0, 0.05) is 25.2 Å². The summed E-state index contributed by atoms with van der Waals surface area (Å²) in [6.07, 6.45) is 4.09. The van der Waals surface area contributed by atoms with E-state index in [2.05, 4.69) is 9.88 Å². The van der Waals surface area contributed by atoms with Gasteiger partial charge in [0.05, 0.1) is 5.69 Å². The van der Waals surface area contributed by atoms with E-state index in [1.807, 2.05) is 6.92 Å². The van der Waals surface area contributed by atoms with Crippen molar-refractivity contribution >= 4 is 10.2 Å². The number of aromatic nitrogens is 1. The quantitative estimate of drug-likeness (QED) is 0.910. The van der Waals surface area contributed by atoms with Gasteiger partial charge in [0.2, 0.25) is 0 Å². The molecule has 1 aliphatic heterocycles. The van der Waals surface area contributed by atoms with E-state index in [1.54, 1.807) is 6.92 Å². The molecule has 1 N–H and O–H groups in total. The third-order valence-corrected chi connectivity index (χ3v) is 5.07. The van der Waals surface area contributed by atoms with Crippen molar-refractivity contribution in [1.82, 2.24) is 14.2 Å². The molecule has 19 heavy (non-hydrogen) atoms. The molecule has 108 valence electrons. The molecule has 7 heteroatoms.